The normalized spacial score (nSPS) is 14.1. The van der Waals surface area contributed by atoms with Gasteiger partial charge < -0.3 is 19.5 Å². The number of hydrogen-bond donors (Lipinski definition) is 1. The number of allylic oxidation sites excluding steroid dienone is 1. The molecule has 10 heteroatoms. The van der Waals surface area contributed by atoms with Crippen molar-refractivity contribution in [2.24, 2.45) is 4.99 Å². The van der Waals surface area contributed by atoms with Crippen LogP contribution in [0.2, 0.25) is 0 Å². The SMILES string of the molecule is COc1ccc(C2C(C(=O)Nc3ccccc3C)=C(C)N=c3sc(=Cc4ccc(OCc5ccccc5C#N)cc4)c(=O)n32)cc1OC. The monoisotopic (exact) mass is 656 g/mol. The van der Waals surface area contributed by atoms with Gasteiger partial charge in [-0.1, -0.05) is 65.9 Å². The van der Waals surface area contributed by atoms with Crippen molar-refractivity contribution in [1.29, 1.82) is 5.26 Å². The van der Waals surface area contributed by atoms with Gasteiger partial charge >= 0.3 is 0 Å². The molecule has 48 heavy (non-hydrogen) atoms. The van der Waals surface area contributed by atoms with Crippen LogP contribution in [0.3, 0.4) is 0 Å². The minimum Gasteiger partial charge on any atom is -0.493 e. The highest BCUT2D eigenvalue weighted by atomic mass is 32.1. The van der Waals surface area contributed by atoms with Crippen LogP contribution in [0, 0.1) is 18.3 Å². The highest BCUT2D eigenvalue weighted by molar-refractivity contribution is 7.07. The summed E-state index contributed by atoms with van der Waals surface area (Å²) in [5.74, 6) is 1.29. The zero-order chi connectivity index (χ0) is 33.8. The summed E-state index contributed by atoms with van der Waals surface area (Å²) in [5.41, 5.74) is 5.00. The second-order valence-electron chi connectivity index (χ2n) is 11.1. The lowest BCUT2D eigenvalue weighted by atomic mass is 9.94. The van der Waals surface area contributed by atoms with E-state index in [0.717, 1.165) is 16.7 Å². The van der Waals surface area contributed by atoms with Crippen LogP contribution < -0.4 is 34.4 Å². The maximum absolute atomic E-state index is 14.2. The summed E-state index contributed by atoms with van der Waals surface area (Å²) in [6, 6.07) is 29.0. The summed E-state index contributed by atoms with van der Waals surface area (Å²) in [6.07, 6.45) is 1.80. The van der Waals surface area contributed by atoms with E-state index in [1.165, 1.54) is 11.3 Å². The van der Waals surface area contributed by atoms with Crippen molar-refractivity contribution in [2.45, 2.75) is 26.5 Å². The summed E-state index contributed by atoms with van der Waals surface area (Å²) in [4.78, 5) is 33.4. The first kappa shape index (κ1) is 32.0. The summed E-state index contributed by atoms with van der Waals surface area (Å²) in [6.45, 7) is 3.96. The first-order valence-corrected chi connectivity index (χ1v) is 15.9. The van der Waals surface area contributed by atoms with Crippen LogP contribution in [0.15, 0.2) is 112 Å². The van der Waals surface area contributed by atoms with Gasteiger partial charge in [0.1, 0.15) is 12.4 Å². The second-order valence-corrected chi connectivity index (χ2v) is 12.1. The number of nitrogens with zero attached hydrogens (tertiary/aromatic N) is 3. The maximum atomic E-state index is 14.2. The smallest absolute Gasteiger partial charge is 0.271 e. The average Bonchev–Trinajstić information content (AvgIpc) is 3.41. The summed E-state index contributed by atoms with van der Waals surface area (Å²) >= 11 is 1.26. The van der Waals surface area contributed by atoms with Crippen molar-refractivity contribution < 1.29 is 19.0 Å². The molecular weight excluding hydrogens is 625 g/mol. The number of thiazole rings is 1. The molecule has 9 nitrogen and oxygen atoms in total. The Morgan fingerprint density at radius 3 is 2.44 bits per heavy atom. The van der Waals surface area contributed by atoms with Gasteiger partial charge in [-0.2, -0.15) is 5.26 Å². The molecule has 0 bridgehead atoms. The molecule has 1 aliphatic heterocycles. The average molecular weight is 657 g/mol. The Bertz CT molecular complexity index is 2280. The van der Waals surface area contributed by atoms with Crippen molar-refractivity contribution in [3.63, 3.8) is 0 Å². The Balaban J connectivity index is 1.38. The number of fused-ring (bicyclic) bond motifs is 1. The molecule has 0 saturated carbocycles. The summed E-state index contributed by atoms with van der Waals surface area (Å²) < 4.78 is 19.0. The number of hydrogen-bond acceptors (Lipinski definition) is 8. The first-order valence-electron chi connectivity index (χ1n) is 15.1. The number of anilines is 1. The standard InChI is InChI=1S/C38H32N4O5S/c1-23-9-5-8-12-30(23)41-36(43)34-24(2)40-38-42(35(34)26-15-18-31(45-3)32(20-26)46-4)37(44)33(48-38)19-25-13-16-29(17-14-25)47-22-28-11-7-6-10-27(28)21-39/h5-20,35H,22H2,1-4H3,(H,41,43). The number of ether oxygens (including phenoxy) is 3. The van der Waals surface area contributed by atoms with Crippen molar-refractivity contribution in [3.8, 4) is 23.3 Å². The number of methoxy groups -OCH3 is 2. The second kappa shape index (κ2) is 13.8. The highest BCUT2D eigenvalue weighted by Gasteiger charge is 2.33. The molecule has 4 aromatic carbocycles. The summed E-state index contributed by atoms with van der Waals surface area (Å²) in [7, 11) is 3.10. The molecular formula is C38H32N4O5S. The van der Waals surface area contributed by atoms with Crippen LogP contribution in [0.5, 0.6) is 17.2 Å². The number of nitriles is 1. The van der Waals surface area contributed by atoms with Crippen molar-refractivity contribution in [2.75, 3.05) is 19.5 Å². The molecule has 6 rings (SSSR count). The van der Waals surface area contributed by atoms with Gasteiger partial charge in [-0.25, -0.2) is 4.99 Å². The number of aromatic nitrogens is 1. The number of benzene rings is 4. The Morgan fingerprint density at radius 1 is 0.979 bits per heavy atom. The Morgan fingerprint density at radius 2 is 1.71 bits per heavy atom. The fourth-order valence-corrected chi connectivity index (χ4v) is 6.63. The van der Waals surface area contributed by atoms with Gasteiger partial charge in [-0.05, 0) is 73.0 Å². The molecule has 0 saturated heterocycles. The molecule has 5 aromatic rings. The fraction of sp³-hybridized carbons (Fsp3) is 0.158. The van der Waals surface area contributed by atoms with Gasteiger partial charge in [0.2, 0.25) is 0 Å². The van der Waals surface area contributed by atoms with Gasteiger partial charge in [0, 0.05) is 11.3 Å². The quantitative estimate of drug-likeness (QED) is 0.219. The van der Waals surface area contributed by atoms with E-state index in [9.17, 15) is 14.9 Å². The molecule has 1 atom stereocenters. The lowest BCUT2D eigenvalue weighted by Gasteiger charge is -2.26. The highest BCUT2D eigenvalue weighted by Crippen LogP contribution is 2.36. The van der Waals surface area contributed by atoms with E-state index in [0.29, 0.717) is 54.7 Å². The van der Waals surface area contributed by atoms with Gasteiger partial charge in [0.25, 0.3) is 11.5 Å². The van der Waals surface area contributed by atoms with Gasteiger partial charge in [-0.3, -0.25) is 14.2 Å². The van der Waals surface area contributed by atoms with E-state index in [1.807, 2.05) is 79.7 Å². The van der Waals surface area contributed by atoms with Gasteiger partial charge in [0.15, 0.2) is 16.3 Å². The van der Waals surface area contributed by atoms with Crippen molar-refractivity contribution in [1.82, 2.24) is 4.57 Å². The molecule has 0 aliphatic carbocycles. The first-order chi connectivity index (χ1) is 23.3. The molecule has 1 aliphatic rings. The van der Waals surface area contributed by atoms with Crippen LogP contribution in [-0.2, 0) is 11.4 Å². The number of rotatable bonds is 9. The zero-order valence-electron chi connectivity index (χ0n) is 26.8. The van der Waals surface area contributed by atoms with Crippen LogP contribution in [-0.4, -0.2) is 24.7 Å². The van der Waals surface area contributed by atoms with Crippen LogP contribution in [0.4, 0.5) is 5.69 Å². The largest absolute Gasteiger partial charge is 0.493 e. The zero-order valence-corrected chi connectivity index (χ0v) is 27.6. The number of amides is 1. The lowest BCUT2D eigenvalue weighted by molar-refractivity contribution is -0.113. The molecule has 0 fully saturated rings. The van der Waals surface area contributed by atoms with Crippen molar-refractivity contribution >= 4 is 29.0 Å². The lowest BCUT2D eigenvalue weighted by Crippen LogP contribution is -2.40. The fourth-order valence-electron chi connectivity index (χ4n) is 5.58. The third-order valence-corrected chi connectivity index (χ3v) is 9.08. The van der Waals surface area contributed by atoms with E-state index in [-0.39, 0.29) is 18.1 Å². The topological polar surface area (TPSA) is 115 Å². The molecule has 0 spiro atoms. The number of carbonyl (C=O) groups excluding carboxylic acids is 1. The number of aryl methyl sites for hydroxylation is 1. The Labute approximate surface area is 281 Å². The molecule has 1 unspecified atom stereocenters. The summed E-state index contributed by atoms with van der Waals surface area (Å²) in [5, 5.41) is 12.4. The molecule has 1 N–H and O–H groups in total. The van der Waals surface area contributed by atoms with Crippen LogP contribution >= 0.6 is 11.3 Å². The van der Waals surface area contributed by atoms with E-state index in [2.05, 4.69) is 11.4 Å². The maximum Gasteiger partial charge on any atom is 0.271 e. The molecule has 1 amide bonds. The molecule has 2 heterocycles. The van der Waals surface area contributed by atoms with Crippen LogP contribution in [0.1, 0.15) is 40.8 Å². The third kappa shape index (κ3) is 6.36. The predicted octanol–water partition coefficient (Wildman–Crippen LogP) is 5.65. The minimum atomic E-state index is -0.778. The third-order valence-electron chi connectivity index (χ3n) is 8.09. The number of carbonyl (C=O) groups is 1. The van der Waals surface area contributed by atoms with Crippen LogP contribution in [0.25, 0.3) is 6.08 Å². The van der Waals surface area contributed by atoms with Gasteiger partial charge in [0.05, 0.1) is 47.7 Å². The Hall–Kier alpha value is -5.92. The molecule has 1 aromatic heterocycles. The van der Waals surface area contributed by atoms with Gasteiger partial charge in [-0.15, -0.1) is 0 Å². The minimum absolute atomic E-state index is 0.261. The predicted molar refractivity (Wildman–Crippen MR) is 185 cm³/mol. The Kier molecular flexibility index (Phi) is 9.23. The van der Waals surface area contributed by atoms with E-state index in [1.54, 1.807) is 50.0 Å². The number of nitrogens with one attached hydrogen (secondary N) is 1. The van der Waals surface area contributed by atoms with Crippen molar-refractivity contribution in [3.05, 3.63) is 150 Å². The van der Waals surface area contributed by atoms with E-state index >= 15 is 0 Å². The van der Waals surface area contributed by atoms with E-state index < -0.39 is 6.04 Å². The van der Waals surface area contributed by atoms with E-state index in [4.69, 9.17) is 19.2 Å². The number of para-hydroxylation sites is 1. The molecule has 240 valence electrons. The molecule has 0 radical (unpaired) electrons.